The Bertz CT molecular complexity index is 1520. The lowest BCUT2D eigenvalue weighted by molar-refractivity contribution is -0.159. The molecule has 0 aliphatic carbocycles. The fourth-order valence-electron chi connectivity index (χ4n) is 6.96. The molecule has 0 radical (unpaired) electrons. The number of esters is 2. The molecule has 0 spiro atoms. The van der Waals surface area contributed by atoms with Gasteiger partial charge in [0.25, 0.3) is 0 Å². The number of hydrogen-bond acceptors (Lipinski definition) is 11. The van der Waals surface area contributed by atoms with Crippen LogP contribution in [0.4, 0.5) is 0 Å². The van der Waals surface area contributed by atoms with Gasteiger partial charge in [0.2, 0.25) is 0 Å². The first kappa shape index (κ1) is 55.3. The third-order valence-corrected chi connectivity index (χ3v) is 11.3. The van der Waals surface area contributed by atoms with Crippen molar-refractivity contribution in [1.82, 2.24) is 0 Å². The second-order valence-corrected chi connectivity index (χ2v) is 16.6. The summed E-state index contributed by atoms with van der Waals surface area (Å²) in [5.74, 6) is -3.04. The fourth-order valence-corrected chi connectivity index (χ4v) is 6.96. The number of carbonyl (C=O) groups excluding carboxylic acids is 2. The Morgan fingerprint density at radius 3 is 2.10 bits per heavy atom. The fraction of sp³-hybridized carbons (Fsp3) is 0.600. The molecule has 11 nitrogen and oxygen atoms in total. The molecule has 11 heteroatoms. The summed E-state index contributed by atoms with van der Waals surface area (Å²) in [4.78, 5) is 24.5. The van der Waals surface area contributed by atoms with E-state index in [1.165, 1.54) is 7.11 Å². The highest BCUT2D eigenvalue weighted by Gasteiger charge is 2.35. The van der Waals surface area contributed by atoms with Crippen molar-refractivity contribution >= 4 is 11.9 Å². The number of rotatable bonds is 15. The summed E-state index contributed by atoms with van der Waals surface area (Å²) in [6, 6.07) is 0. The Hall–Kier alpha value is -3.68. The van der Waals surface area contributed by atoms with Gasteiger partial charge in [0, 0.05) is 37.7 Å². The second kappa shape index (κ2) is 32.1. The molecule has 344 valence electrons. The number of allylic oxidation sites excluding steroid dienone is 14. The molecule has 1 rings (SSSR count). The zero-order valence-electron chi connectivity index (χ0n) is 38.0. The summed E-state index contributed by atoms with van der Waals surface area (Å²) in [5.41, 5.74) is 1.71. The average Bonchev–Trinajstić information content (AvgIpc) is 3.22. The summed E-state index contributed by atoms with van der Waals surface area (Å²) in [6.45, 7) is 10.8. The number of aliphatic hydroxyl groups is 6. The quantitative estimate of drug-likeness (QED) is 0.0545. The molecule has 0 amide bonds. The van der Waals surface area contributed by atoms with E-state index in [-0.39, 0.29) is 30.8 Å². The maximum Gasteiger partial charge on any atom is 0.308 e. The number of aliphatic hydroxyl groups excluding tert-OH is 6. The van der Waals surface area contributed by atoms with Crippen LogP contribution < -0.4 is 0 Å². The van der Waals surface area contributed by atoms with Crippen molar-refractivity contribution in [3.05, 3.63) is 108 Å². The van der Waals surface area contributed by atoms with E-state index in [2.05, 4.69) is 4.74 Å². The van der Waals surface area contributed by atoms with Crippen LogP contribution in [0.2, 0.25) is 0 Å². The van der Waals surface area contributed by atoms with Crippen LogP contribution in [0.15, 0.2) is 108 Å². The van der Waals surface area contributed by atoms with Crippen LogP contribution in [0.25, 0.3) is 0 Å². The summed E-state index contributed by atoms with van der Waals surface area (Å²) < 4.78 is 16.2. The summed E-state index contributed by atoms with van der Waals surface area (Å²) in [7, 11) is 3.02. The van der Waals surface area contributed by atoms with Crippen molar-refractivity contribution in [3.63, 3.8) is 0 Å². The van der Waals surface area contributed by atoms with E-state index >= 15 is 0 Å². The Morgan fingerprint density at radius 1 is 0.836 bits per heavy atom. The van der Waals surface area contributed by atoms with E-state index in [1.807, 2.05) is 106 Å². The minimum atomic E-state index is -1.25. The summed E-state index contributed by atoms with van der Waals surface area (Å²) in [6.07, 6.45) is 27.4. The van der Waals surface area contributed by atoms with E-state index in [0.717, 1.165) is 17.6 Å². The van der Waals surface area contributed by atoms with Crippen LogP contribution in [0, 0.1) is 23.7 Å². The van der Waals surface area contributed by atoms with E-state index in [0.29, 0.717) is 38.5 Å². The first-order valence-corrected chi connectivity index (χ1v) is 21.9. The van der Waals surface area contributed by atoms with Gasteiger partial charge in [0.1, 0.15) is 6.10 Å². The molecule has 0 saturated carbocycles. The molecule has 1 aliphatic heterocycles. The van der Waals surface area contributed by atoms with Gasteiger partial charge in [-0.1, -0.05) is 136 Å². The zero-order valence-corrected chi connectivity index (χ0v) is 38.0. The van der Waals surface area contributed by atoms with Crippen LogP contribution in [-0.2, 0) is 23.8 Å². The molecule has 6 N–H and O–H groups in total. The highest BCUT2D eigenvalue weighted by Crippen LogP contribution is 2.28. The molecular formula is C50H78O11. The molecule has 0 saturated heterocycles. The SMILES string of the molecule is COC(=O)CC/C(C)=C/[C@@H](O)C/C=C/C=C/C=C/C=C/C=C/C(C)=C/[C@@H](O)[C@@H](C)[C@@H]1C[C@H](O)CCC[C@H](OC)C/C=C/C=C/C[C@H](C)[C@@H](O)[C@H](C)[C@@H](O)[C@H](C)[C@H](O)CC(=O)O1. The number of ether oxygens (including phenoxy) is 3. The Balaban J connectivity index is 2.96. The highest BCUT2D eigenvalue weighted by atomic mass is 16.5. The van der Waals surface area contributed by atoms with E-state index < -0.39 is 72.9 Å². The molecule has 1 aliphatic rings. The smallest absolute Gasteiger partial charge is 0.308 e. The molecule has 0 bridgehead atoms. The molecule has 12 atom stereocenters. The van der Waals surface area contributed by atoms with Crippen LogP contribution in [0.3, 0.4) is 0 Å². The van der Waals surface area contributed by atoms with Crippen molar-refractivity contribution in [2.75, 3.05) is 14.2 Å². The van der Waals surface area contributed by atoms with Gasteiger partial charge in [-0.15, -0.1) is 0 Å². The van der Waals surface area contributed by atoms with Crippen molar-refractivity contribution in [3.8, 4) is 0 Å². The van der Waals surface area contributed by atoms with Crippen molar-refractivity contribution in [1.29, 1.82) is 0 Å². The minimum absolute atomic E-state index is 0.0367. The third kappa shape index (κ3) is 24.5. The second-order valence-electron chi connectivity index (χ2n) is 16.6. The molecule has 0 aromatic heterocycles. The first-order valence-electron chi connectivity index (χ1n) is 21.9. The number of carbonyl (C=O) groups is 2. The average molecular weight is 855 g/mol. The monoisotopic (exact) mass is 855 g/mol. The highest BCUT2D eigenvalue weighted by molar-refractivity contribution is 5.70. The van der Waals surface area contributed by atoms with Crippen LogP contribution in [0.5, 0.6) is 0 Å². The maximum absolute atomic E-state index is 13.3. The Kier molecular flexibility index (Phi) is 29.1. The van der Waals surface area contributed by atoms with Crippen molar-refractivity contribution < 1.29 is 54.4 Å². The Labute approximate surface area is 366 Å². The lowest BCUT2D eigenvalue weighted by atomic mass is 9.81. The van der Waals surface area contributed by atoms with Crippen LogP contribution >= 0.6 is 0 Å². The van der Waals surface area contributed by atoms with Gasteiger partial charge in [0.05, 0.1) is 56.3 Å². The van der Waals surface area contributed by atoms with E-state index in [9.17, 15) is 40.2 Å². The van der Waals surface area contributed by atoms with Gasteiger partial charge in [-0.3, -0.25) is 9.59 Å². The van der Waals surface area contributed by atoms with E-state index in [4.69, 9.17) is 9.47 Å². The maximum atomic E-state index is 13.3. The molecule has 0 aromatic rings. The standard InChI is InChI=1S/C50H78O11/c1-35(23-18-14-12-10-9-11-13-15-20-25-41(51)31-36(2)29-30-47(55)60-8)32-44(53)38(4)46-33-42(52)26-22-28-43(59-7)27-21-17-16-19-24-37(3)49(57)40(6)50(58)39(5)45(54)34-48(56)61-46/h9-21,23,31-32,37-46,49-54,57-58H,22,24-30,33-34H2,1-8H3/b10-9+,13-11+,14-12+,19-16+,20-15+,21-17+,23-18+,35-32+,36-31+/t37-,38+,39+,40-,41-,42+,43+,44+,45+,46-,49+,50-/m0/s1. The van der Waals surface area contributed by atoms with Crippen molar-refractivity contribution in [2.45, 2.75) is 155 Å². The lowest BCUT2D eigenvalue weighted by Crippen LogP contribution is -2.42. The van der Waals surface area contributed by atoms with Gasteiger partial charge in [0.15, 0.2) is 0 Å². The molecule has 0 fully saturated rings. The summed E-state index contributed by atoms with van der Waals surface area (Å²) in [5, 5.41) is 65.6. The summed E-state index contributed by atoms with van der Waals surface area (Å²) >= 11 is 0. The minimum Gasteiger partial charge on any atom is -0.469 e. The number of cyclic esters (lactones) is 1. The number of hydrogen-bond donors (Lipinski definition) is 6. The van der Waals surface area contributed by atoms with Crippen LogP contribution in [0.1, 0.15) is 106 Å². The zero-order chi connectivity index (χ0) is 45.7. The lowest BCUT2D eigenvalue weighted by Gasteiger charge is -2.33. The molecule has 0 aromatic carbocycles. The van der Waals surface area contributed by atoms with Crippen LogP contribution in [-0.4, -0.2) is 106 Å². The van der Waals surface area contributed by atoms with Gasteiger partial charge < -0.3 is 44.8 Å². The van der Waals surface area contributed by atoms with Gasteiger partial charge in [-0.2, -0.15) is 0 Å². The predicted molar refractivity (Wildman–Crippen MR) is 243 cm³/mol. The molecular weight excluding hydrogens is 777 g/mol. The van der Waals surface area contributed by atoms with Gasteiger partial charge >= 0.3 is 11.9 Å². The molecule has 0 unspecified atom stereocenters. The Morgan fingerprint density at radius 2 is 1.46 bits per heavy atom. The largest absolute Gasteiger partial charge is 0.469 e. The first-order chi connectivity index (χ1) is 29.0. The number of methoxy groups -OCH3 is 2. The van der Waals surface area contributed by atoms with Gasteiger partial charge in [-0.25, -0.2) is 0 Å². The molecule has 1 heterocycles. The van der Waals surface area contributed by atoms with Gasteiger partial charge in [-0.05, 0) is 64.7 Å². The van der Waals surface area contributed by atoms with Crippen molar-refractivity contribution in [2.24, 2.45) is 23.7 Å². The topological polar surface area (TPSA) is 183 Å². The van der Waals surface area contributed by atoms with E-state index in [1.54, 1.807) is 40.0 Å². The predicted octanol–water partition coefficient (Wildman–Crippen LogP) is 7.50. The third-order valence-electron chi connectivity index (χ3n) is 11.3. The normalized spacial score (nSPS) is 30.6. The molecule has 61 heavy (non-hydrogen) atoms.